The number of anilines is 1. The molecular formula is C13H11F3N2O2S. The lowest BCUT2D eigenvalue weighted by molar-refractivity contribution is -0.138. The fraction of sp³-hybridized carbons (Fsp3) is 0.231. The standard InChI is InChI=1S/C13H11F3N2O2S/c14-13(15,16)11-2-1-8(5-10(11)12(19)20)17-4-3-9-6-21-7-18-9/h1-2,5-7,17H,3-4H2,(H,19,20). The molecule has 1 aromatic heterocycles. The minimum absolute atomic E-state index is 0.329. The topological polar surface area (TPSA) is 62.2 Å². The van der Waals surface area contributed by atoms with Gasteiger partial charge in [-0.05, 0) is 18.2 Å². The van der Waals surface area contributed by atoms with Crippen molar-refractivity contribution in [1.82, 2.24) is 4.98 Å². The van der Waals surface area contributed by atoms with E-state index >= 15 is 0 Å². The second kappa shape index (κ2) is 6.13. The van der Waals surface area contributed by atoms with Crippen molar-refractivity contribution in [3.05, 3.63) is 45.9 Å². The Labute approximate surface area is 122 Å². The van der Waals surface area contributed by atoms with Crippen molar-refractivity contribution in [3.8, 4) is 0 Å². The number of aromatic nitrogens is 1. The SMILES string of the molecule is O=C(O)c1cc(NCCc2cscn2)ccc1C(F)(F)F. The van der Waals surface area contributed by atoms with Gasteiger partial charge >= 0.3 is 12.1 Å². The van der Waals surface area contributed by atoms with Crippen molar-refractivity contribution in [3.63, 3.8) is 0 Å². The monoisotopic (exact) mass is 316 g/mol. The molecule has 0 bridgehead atoms. The van der Waals surface area contributed by atoms with E-state index in [0.29, 0.717) is 18.7 Å². The van der Waals surface area contributed by atoms with Gasteiger partial charge in [0.15, 0.2) is 0 Å². The molecule has 0 atom stereocenters. The number of hydrogen-bond acceptors (Lipinski definition) is 4. The van der Waals surface area contributed by atoms with Crippen LogP contribution in [0.1, 0.15) is 21.6 Å². The Morgan fingerprint density at radius 3 is 2.71 bits per heavy atom. The van der Waals surface area contributed by atoms with Gasteiger partial charge in [-0.1, -0.05) is 0 Å². The Kier molecular flexibility index (Phi) is 4.46. The van der Waals surface area contributed by atoms with Crippen molar-refractivity contribution < 1.29 is 23.1 Å². The molecule has 0 aliphatic rings. The molecule has 1 heterocycles. The molecule has 0 aliphatic carbocycles. The zero-order valence-corrected chi connectivity index (χ0v) is 11.5. The molecule has 1 aromatic carbocycles. The predicted octanol–water partition coefficient (Wildman–Crippen LogP) is 3.51. The summed E-state index contributed by atoms with van der Waals surface area (Å²) in [6.45, 7) is 0.453. The lowest BCUT2D eigenvalue weighted by Crippen LogP contribution is -2.14. The lowest BCUT2D eigenvalue weighted by Gasteiger charge is -2.12. The average Bonchev–Trinajstić information content (AvgIpc) is 2.90. The highest BCUT2D eigenvalue weighted by Gasteiger charge is 2.35. The van der Waals surface area contributed by atoms with Crippen LogP contribution in [0.2, 0.25) is 0 Å². The molecule has 0 fully saturated rings. The van der Waals surface area contributed by atoms with Gasteiger partial charge in [-0.15, -0.1) is 11.3 Å². The molecule has 0 amide bonds. The third-order valence-electron chi connectivity index (χ3n) is 2.75. The third-order valence-corrected chi connectivity index (χ3v) is 3.38. The maximum atomic E-state index is 12.7. The maximum absolute atomic E-state index is 12.7. The summed E-state index contributed by atoms with van der Waals surface area (Å²) in [6.07, 6.45) is -4.08. The number of rotatable bonds is 5. The highest BCUT2D eigenvalue weighted by Crippen LogP contribution is 2.33. The van der Waals surface area contributed by atoms with E-state index < -0.39 is 23.3 Å². The summed E-state index contributed by atoms with van der Waals surface area (Å²) >= 11 is 1.46. The quantitative estimate of drug-likeness (QED) is 0.886. The normalized spacial score (nSPS) is 11.4. The Morgan fingerprint density at radius 1 is 1.38 bits per heavy atom. The summed E-state index contributed by atoms with van der Waals surface area (Å²) in [7, 11) is 0. The molecule has 21 heavy (non-hydrogen) atoms. The number of nitrogens with zero attached hydrogens (tertiary/aromatic N) is 1. The molecule has 112 valence electrons. The number of carbonyl (C=O) groups is 1. The number of hydrogen-bond donors (Lipinski definition) is 2. The first-order chi connectivity index (χ1) is 9.88. The average molecular weight is 316 g/mol. The smallest absolute Gasteiger partial charge is 0.417 e. The second-order valence-corrected chi connectivity index (χ2v) is 4.94. The van der Waals surface area contributed by atoms with Gasteiger partial charge in [-0.2, -0.15) is 13.2 Å². The zero-order chi connectivity index (χ0) is 15.5. The third kappa shape index (κ3) is 3.94. The van der Waals surface area contributed by atoms with Gasteiger partial charge in [0.25, 0.3) is 0 Å². The Balaban J connectivity index is 2.11. The van der Waals surface area contributed by atoms with Crippen molar-refractivity contribution in [2.75, 3.05) is 11.9 Å². The number of halogens is 3. The molecule has 0 aliphatic heterocycles. The number of alkyl halides is 3. The van der Waals surface area contributed by atoms with Gasteiger partial charge < -0.3 is 10.4 Å². The predicted molar refractivity (Wildman–Crippen MR) is 72.7 cm³/mol. The molecular weight excluding hydrogens is 305 g/mol. The van der Waals surface area contributed by atoms with Crippen LogP contribution in [0, 0.1) is 0 Å². The molecule has 0 saturated heterocycles. The number of thiazole rings is 1. The summed E-state index contributed by atoms with van der Waals surface area (Å²) in [5, 5.41) is 13.7. The molecule has 4 nitrogen and oxygen atoms in total. The number of carboxylic acids is 1. The Bertz CT molecular complexity index is 627. The first kappa shape index (κ1) is 15.3. The van der Waals surface area contributed by atoms with Crippen LogP contribution in [0.4, 0.5) is 18.9 Å². The van der Waals surface area contributed by atoms with Crippen LogP contribution in [0.25, 0.3) is 0 Å². The van der Waals surface area contributed by atoms with Gasteiger partial charge in [-0.3, -0.25) is 0 Å². The van der Waals surface area contributed by atoms with E-state index in [4.69, 9.17) is 5.11 Å². The van der Waals surface area contributed by atoms with Crippen molar-refractivity contribution in [2.24, 2.45) is 0 Å². The van der Waals surface area contributed by atoms with Crippen molar-refractivity contribution in [1.29, 1.82) is 0 Å². The summed E-state index contributed by atoms with van der Waals surface area (Å²) in [5.41, 5.74) is 0.977. The minimum atomic E-state index is -4.69. The van der Waals surface area contributed by atoms with Gasteiger partial charge in [0.1, 0.15) is 0 Å². The van der Waals surface area contributed by atoms with E-state index in [1.807, 2.05) is 5.38 Å². The van der Waals surface area contributed by atoms with E-state index in [2.05, 4.69) is 10.3 Å². The number of aromatic carboxylic acids is 1. The Morgan fingerprint density at radius 2 is 2.14 bits per heavy atom. The van der Waals surface area contributed by atoms with Crippen LogP contribution in [-0.2, 0) is 12.6 Å². The summed E-state index contributed by atoms with van der Waals surface area (Å²) in [5.74, 6) is -1.61. The number of nitrogens with one attached hydrogen (secondary N) is 1. The lowest BCUT2D eigenvalue weighted by atomic mass is 10.1. The molecule has 0 saturated carbocycles. The molecule has 0 spiro atoms. The van der Waals surface area contributed by atoms with E-state index in [-0.39, 0.29) is 0 Å². The van der Waals surface area contributed by atoms with Crippen LogP contribution in [0.15, 0.2) is 29.1 Å². The van der Waals surface area contributed by atoms with Gasteiger partial charge in [-0.25, -0.2) is 9.78 Å². The van der Waals surface area contributed by atoms with Crippen LogP contribution in [0.3, 0.4) is 0 Å². The van der Waals surface area contributed by atoms with Gasteiger partial charge in [0.05, 0.1) is 22.3 Å². The first-order valence-electron chi connectivity index (χ1n) is 5.93. The highest BCUT2D eigenvalue weighted by atomic mass is 32.1. The molecule has 0 radical (unpaired) electrons. The van der Waals surface area contributed by atoms with Crippen molar-refractivity contribution in [2.45, 2.75) is 12.6 Å². The fourth-order valence-electron chi connectivity index (χ4n) is 1.77. The van der Waals surface area contributed by atoms with Crippen molar-refractivity contribution >= 4 is 23.0 Å². The van der Waals surface area contributed by atoms with E-state index in [9.17, 15) is 18.0 Å². The fourth-order valence-corrected chi connectivity index (χ4v) is 2.37. The molecule has 0 unspecified atom stereocenters. The van der Waals surface area contributed by atoms with Gasteiger partial charge in [0.2, 0.25) is 0 Å². The molecule has 2 rings (SSSR count). The summed E-state index contributed by atoms with van der Waals surface area (Å²) in [4.78, 5) is 15.0. The number of carboxylic acid groups (broad SMARTS) is 1. The molecule has 8 heteroatoms. The Hall–Kier alpha value is -2.09. The minimum Gasteiger partial charge on any atom is -0.478 e. The second-order valence-electron chi connectivity index (χ2n) is 4.22. The van der Waals surface area contributed by atoms with E-state index in [1.54, 1.807) is 5.51 Å². The van der Waals surface area contributed by atoms with Gasteiger partial charge in [0, 0.05) is 24.0 Å². The van der Waals surface area contributed by atoms with E-state index in [0.717, 1.165) is 17.8 Å². The maximum Gasteiger partial charge on any atom is 0.417 e. The van der Waals surface area contributed by atoms with Crippen LogP contribution in [-0.4, -0.2) is 22.6 Å². The summed E-state index contributed by atoms with van der Waals surface area (Å²) in [6, 6.07) is 2.98. The van der Waals surface area contributed by atoms with Crippen LogP contribution >= 0.6 is 11.3 Å². The summed E-state index contributed by atoms with van der Waals surface area (Å²) < 4.78 is 38.1. The first-order valence-corrected chi connectivity index (χ1v) is 6.87. The van der Waals surface area contributed by atoms with Crippen LogP contribution < -0.4 is 5.32 Å². The zero-order valence-electron chi connectivity index (χ0n) is 10.6. The largest absolute Gasteiger partial charge is 0.478 e. The van der Waals surface area contributed by atoms with Crippen LogP contribution in [0.5, 0.6) is 0 Å². The van der Waals surface area contributed by atoms with E-state index in [1.165, 1.54) is 17.4 Å². The number of benzene rings is 1. The molecule has 2 aromatic rings. The highest BCUT2D eigenvalue weighted by molar-refractivity contribution is 7.07. The molecule has 2 N–H and O–H groups in total.